The highest BCUT2D eigenvalue weighted by atomic mass is 127. The quantitative estimate of drug-likeness (QED) is 0.200. The zero-order valence-electron chi connectivity index (χ0n) is 13.8. The average Bonchev–Trinajstić information content (AvgIpc) is 3.11. The fourth-order valence-corrected chi connectivity index (χ4v) is 3.56. The largest absolute Gasteiger partial charge is 0.497 e. The molecule has 1 aromatic heterocycles. The molecule has 2 N–H and O–H groups in total. The lowest BCUT2D eigenvalue weighted by atomic mass is 10.2. The van der Waals surface area contributed by atoms with Crippen LogP contribution in [-0.2, 0) is 6.54 Å². The highest BCUT2D eigenvalue weighted by Gasteiger charge is 2.00. The fourth-order valence-electron chi connectivity index (χ4n) is 1.91. The number of thioether (sulfide) groups is 1. The van der Waals surface area contributed by atoms with E-state index in [9.17, 15) is 0 Å². The number of aliphatic imine (C=N–C) groups is 1. The number of hydrogen-bond acceptors (Lipinski definition) is 5. The molecule has 2 aromatic rings. The molecule has 2 rings (SSSR count). The first-order chi connectivity index (χ1) is 11.3. The molecule has 0 fully saturated rings. The predicted molar refractivity (Wildman–Crippen MR) is 114 cm³/mol. The van der Waals surface area contributed by atoms with Crippen molar-refractivity contribution in [3.63, 3.8) is 0 Å². The first kappa shape index (κ1) is 21.0. The summed E-state index contributed by atoms with van der Waals surface area (Å²) in [5.74, 6) is 2.73. The summed E-state index contributed by atoms with van der Waals surface area (Å²) in [6.45, 7) is 1.60. The number of thiazole rings is 1. The zero-order chi connectivity index (χ0) is 16.3. The number of benzene rings is 1. The Morgan fingerprint density at radius 3 is 2.96 bits per heavy atom. The van der Waals surface area contributed by atoms with E-state index in [1.165, 1.54) is 0 Å². The van der Waals surface area contributed by atoms with Gasteiger partial charge in [0.2, 0.25) is 0 Å². The second-order valence-corrected chi connectivity index (χ2v) is 6.94. The van der Waals surface area contributed by atoms with Gasteiger partial charge in [-0.15, -0.1) is 35.3 Å². The van der Waals surface area contributed by atoms with Crippen molar-refractivity contribution in [1.82, 2.24) is 15.6 Å². The van der Waals surface area contributed by atoms with Crippen molar-refractivity contribution >= 4 is 53.0 Å². The second kappa shape index (κ2) is 12.4. The van der Waals surface area contributed by atoms with Gasteiger partial charge in [0.25, 0.3) is 0 Å². The van der Waals surface area contributed by atoms with E-state index in [1.54, 1.807) is 37.3 Å². The molecule has 1 heterocycles. The third kappa shape index (κ3) is 7.71. The van der Waals surface area contributed by atoms with E-state index in [2.05, 4.69) is 26.7 Å². The number of methoxy groups -OCH3 is 1. The monoisotopic (exact) mass is 478 g/mol. The number of guanidine groups is 1. The lowest BCUT2D eigenvalue weighted by Gasteiger charge is -2.12. The minimum atomic E-state index is 0. The van der Waals surface area contributed by atoms with Gasteiger partial charge in [0.15, 0.2) is 5.96 Å². The number of rotatable bonds is 8. The molecular weight excluding hydrogens is 455 g/mol. The van der Waals surface area contributed by atoms with Crippen LogP contribution in [0.2, 0.25) is 0 Å². The number of nitrogens with one attached hydrogen (secondary N) is 2. The van der Waals surface area contributed by atoms with Gasteiger partial charge in [0, 0.05) is 37.5 Å². The fraction of sp³-hybridized carbons (Fsp3) is 0.375. The Balaban J connectivity index is 0.00000288. The van der Waals surface area contributed by atoms with Crippen LogP contribution in [0.3, 0.4) is 0 Å². The van der Waals surface area contributed by atoms with Crippen LogP contribution >= 0.6 is 47.1 Å². The smallest absolute Gasteiger partial charge is 0.191 e. The van der Waals surface area contributed by atoms with Crippen molar-refractivity contribution in [2.24, 2.45) is 4.99 Å². The van der Waals surface area contributed by atoms with E-state index in [1.807, 2.05) is 29.8 Å². The van der Waals surface area contributed by atoms with Crippen molar-refractivity contribution < 1.29 is 4.74 Å². The van der Waals surface area contributed by atoms with Crippen LogP contribution in [0.1, 0.15) is 12.0 Å². The van der Waals surface area contributed by atoms with Crippen LogP contribution in [0.5, 0.6) is 5.75 Å². The molecule has 0 atom stereocenters. The number of hydrogen-bond donors (Lipinski definition) is 2. The molecule has 1 aromatic carbocycles. The maximum atomic E-state index is 5.23. The first-order valence-electron chi connectivity index (χ1n) is 7.41. The number of ether oxygens (including phenoxy) is 1. The average molecular weight is 478 g/mol. The van der Waals surface area contributed by atoms with Gasteiger partial charge in [-0.05, 0) is 24.1 Å². The van der Waals surface area contributed by atoms with Gasteiger partial charge in [-0.3, -0.25) is 4.99 Å². The minimum absolute atomic E-state index is 0. The summed E-state index contributed by atoms with van der Waals surface area (Å²) in [6.07, 6.45) is 2.90. The summed E-state index contributed by atoms with van der Waals surface area (Å²) in [5.41, 5.74) is 1.16. The SMILES string of the molecule is CN=C(NCCCSc1nccs1)NCc1cccc(OC)c1.I. The second-order valence-electron chi connectivity index (χ2n) is 4.70. The van der Waals surface area contributed by atoms with E-state index in [4.69, 9.17) is 4.74 Å². The Kier molecular flexibility index (Phi) is 10.9. The number of halogens is 1. The van der Waals surface area contributed by atoms with Crippen molar-refractivity contribution in [2.75, 3.05) is 26.5 Å². The topological polar surface area (TPSA) is 58.5 Å². The summed E-state index contributed by atoms with van der Waals surface area (Å²) in [7, 11) is 3.46. The van der Waals surface area contributed by atoms with Crippen LogP contribution in [0.25, 0.3) is 0 Å². The van der Waals surface area contributed by atoms with E-state index >= 15 is 0 Å². The van der Waals surface area contributed by atoms with Crippen LogP contribution in [0.15, 0.2) is 45.2 Å². The molecule has 0 saturated heterocycles. The molecule has 0 amide bonds. The van der Waals surface area contributed by atoms with E-state index < -0.39 is 0 Å². The van der Waals surface area contributed by atoms with Gasteiger partial charge in [-0.25, -0.2) is 4.98 Å². The Bertz CT molecular complexity index is 608. The summed E-state index contributed by atoms with van der Waals surface area (Å²) in [5, 5.41) is 8.64. The molecule has 0 unspecified atom stereocenters. The molecule has 8 heteroatoms. The zero-order valence-corrected chi connectivity index (χ0v) is 17.8. The highest BCUT2D eigenvalue weighted by molar-refractivity contribution is 14.0. The third-order valence-corrected chi connectivity index (χ3v) is 5.12. The van der Waals surface area contributed by atoms with Crippen LogP contribution in [0, 0.1) is 0 Å². The maximum absolute atomic E-state index is 5.23. The van der Waals surface area contributed by atoms with Crippen LogP contribution in [0.4, 0.5) is 0 Å². The Labute approximate surface area is 168 Å². The molecule has 0 radical (unpaired) electrons. The van der Waals surface area contributed by atoms with Gasteiger partial charge in [-0.2, -0.15) is 0 Å². The summed E-state index contributed by atoms with van der Waals surface area (Å²) in [4.78, 5) is 8.50. The molecule has 24 heavy (non-hydrogen) atoms. The maximum Gasteiger partial charge on any atom is 0.191 e. The summed E-state index contributed by atoms with van der Waals surface area (Å²) >= 11 is 3.48. The van der Waals surface area contributed by atoms with Crippen molar-refractivity contribution in [2.45, 2.75) is 17.3 Å². The Morgan fingerprint density at radius 2 is 2.25 bits per heavy atom. The van der Waals surface area contributed by atoms with Crippen LogP contribution < -0.4 is 15.4 Å². The van der Waals surface area contributed by atoms with E-state index in [-0.39, 0.29) is 24.0 Å². The molecule has 0 spiro atoms. The van der Waals surface area contributed by atoms with Gasteiger partial charge in [-0.1, -0.05) is 23.9 Å². The molecule has 0 aliphatic rings. The van der Waals surface area contributed by atoms with Crippen molar-refractivity contribution in [3.05, 3.63) is 41.4 Å². The minimum Gasteiger partial charge on any atom is -0.497 e. The first-order valence-corrected chi connectivity index (χ1v) is 9.28. The van der Waals surface area contributed by atoms with Gasteiger partial charge in [0.05, 0.1) is 7.11 Å². The predicted octanol–water partition coefficient (Wildman–Crippen LogP) is 3.62. The standard InChI is InChI=1S/C16H22N4OS2.HI/c1-17-15(18-7-4-9-22-16-19-8-10-23-16)20-12-13-5-3-6-14(11-13)21-2;/h3,5-6,8,10-11H,4,7,9,12H2,1-2H3,(H2,17,18,20);1H. The Hall–Kier alpha value is -1.00. The number of nitrogens with zero attached hydrogens (tertiary/aromatic N) is 2. The van der Waals surface area contributed by atoms with E-state index in [0.717, 1.165) is 40.3 Å². The molecule has 0 aliphatic carbocycles. The normalized spacial score (nSPS) is 10.8. The highest BCUT2D eigenvalue weighted by Crippen LogP contribution is 2.20. The van der Waals surface area contributed by atoms with Gasteiger partial charge in [0.1, 0.15) is 10.1 Å². The molecule has 0 saturated carbocycles. The summed E-state index contributed by atoms with van der Waals surface area (Å²) in [6, 6.07) is 8.01. The van der Waals surface area contributed by atoms with Crippen molar-refractivity contribution in [3.8, 4) is 5.75 Å². The lowest BCUT2D eigenvalue weighted by molar-refractivity contribution is 0.414. The molecule has 132 valence electrons. The molecule has 0 aliphatic heterocycles. The molecular formula is C16H23IN4OS2. The van der Waals surface area contributed by atoms with Crippen LogP contribution in [-0.4, -0.2) is 37.4 Å². The molecule has 5 nitrogen and oxygen atoms in total. The van der Waals surface area contributed by atoms with E-state index in [0.29, 0.717) is 6.54 Å². The van der Waals surface area contributed by atoms with Gasteiger partial charge >= 0.3 is 0 Å². The summed E-state index contributed by atoms with van der Waals surface area (Å²) < 4.78 is 6.36. The third-order valence-electron chi connectivity index (χ3n) is 3.07. The molecule has 0 bridgehead atoms. The number of aromatic nitrogens is 1. The van der Waals surface area contributed by atoms with Gasteiger partial charge < -0.3 is 15.4 Å². The Morgan fingerprint density at radius 1 is 1.38 bits per heavy atom. The van der Waals surface area contributed by atoms with Crippen molar-refractivity contribution in [1.29, 1.82) is 0 Å². The lowest BCUT2D eigenvalue weighted by Crippen LogP contribution is -2.37.